The van der Waals surface area contributed by atoms with Crippen LogP contribution in [0.3, 0.4) is 0 Å². The summed E-state index contributed by atoms with van der Waals surface area (Å²) in [5, 5.41) is 14.4. The Morgan fingerprint density at radius 3 is 1.50 bits per heavy atom. The zero-order valence-electron chi connectivity index (χ0n) is 18.0. The van der Waals surface area contributed by atoms with Crippen LogP contribution in [-0.2, 0) is 0 Å². The van der Waals surface area contributed by atoms with Crippen molar-refractivity contribution in [2.75, 3.05) is 12.4 Å². The highest BCUT2D eigenvalue weighted by molar-refractivity contribution is 9.69. The smallest absolute Gasteiger partial charge is 0.369 e. The van der Waals surface area contributed by atoms with Crippen LogP contribution < -0.4 is 4.74 Å². The third-order valence-electron chi connectivity index (χ3n) is 4.33. The fourth-order valence-electron chi connectivity index (χ4n) is 2.90. The van der Waals surface area contributed by atoms with Crippen LogP contribution in [0.5, 0.6) is 11.5 Å². The Morgan fingerprint density at radius 1 is 0.750 bits per heavy atom. The molecule has 0 heterocycles. The number of aromatic hydroxyl groups is 1. The molecule has 0 unspecified atom stereocenters. The van der Waals surface area contributed by atoms with Gasteiger partial charge in [-0.05, 0) is 70.8 Å². The molecule has 170 valence electrons. The van der Waals surface area contributed by atoms with Crippen LogP contribution in [0.25, 0.3) is 21.5 Å². The summed E-state index contributed by atoms with van der Waals surface area (Å²) < 4.78 is 5.52. The Morgan fingerprint density at radius 2 is 1.09 bits per heavy atom. The summed E-state index contributed by atoms with van der Waals surface area (Å²) in [6.07, 6.45) is 0. The molecule has 0 fully saturated rings. The van der Waals surface area contributed by atoms with E-state index >= 15 is 0 Å². The minimum absolute atomic E-state index is 0.194. The number of halogens is 5. The molecule has 0 saturated heterocycles. The molecule has 0 spiro atoms. The summed E-state index contributed by atoms with van der Waals surface area (Å²) in [6.45, 7) is 3.97. The second kappa shape index (κ2) is 15.8. The van der Waals surface area contributed by atoms with Gasteiger partial charge in [-0.15, -0.1) is 70.5 Å². The highest BCUT2D eigenvalue weighted by Gasteiger charge is 2.00. The number of fused-ring (bicyclic) bond motifs is 2. The number of benzene rings is 4. The summed E-state index contributed by atoms with van der Waals surface area (Å²) >= 11 is 18.8. The Kier molecular flexibility index (Phi) is 14.4. The van der Waals surface area contributed by atoms with Gasteiger partial charge in [0.2, 0.25) is 0 Å². The third kappa shape index (κ3) is 10.3. The molecule has 8 heteroatoms. The molecule has 0 saturated carbocycles. The number of hydrogen-bond donors (Lipinski definition) is 1. The molecule has 0 radical (unpaired) electrons. The lowest BCUT2D eigenvalue weighted by atomic mass is 10.1. The molecule has 2 nitrogen and oxygen atoms in total. The molecule has 4 rings (SSSR count). The Balaban J connectivity index is 0.000000250. The van der Waals surface area contributed by atoms with E-state index in [2.05, 4.69) is 78.5 Å². The topological polar surface area (TPSA) is 29.5 Å². The average Bonchev–Trinajstić information content (AvgIpc) is 2.75. The maximum absolute atomic E-state index is 9.42. The van der Waals surface area contributed by atoms with Crippen LogP contribution >= 0.6 is 70.5 Å². The number of methoxy groups -OCH3 is 1. The number of alkyl halides is 2. The molecule has 0 amide bonds. The fourth-order valence-corrected chi connectivity index (χ4v) is 2.90. The largest absolute Gasteiger partial charge is 0.508 e. The molecule has 4 aromatic rings. The van der Waals surface area contributed by atoms with Crippen molar-refractivity contribution < 1.29 is 9.84 Å². The molecule has 1 N–H and O–H groups in total. The van der Waals surface area contributed by atoms with Gasteiger partial charge in [-0.2, -0.15) is 0 Å². The number of phenols is 1. The first-order valence-electron chi connectivity index (χ1n) is 9.49. The number of phenolic OH excluding ortho intramolecular Hbond substituents is 1. The third-order valence-corrected chi connectivity index (χ3v) is 4.33. The first-order chi connectivity index (χ1) is 15.2. The minimum Gasteiger partial charge on any atom is -0.508 e. The fraction of sp³-hybridized carbons (Fsp3) is 0.167. The van der Waals surface area contributed by atoms with Crippen molar-refractivity contribution in [1.82, 2.24) is 0 Å². The SMILES string of the molecule is BrB(Br)Br.COc1cc2ccccc2cc1C.Cc1cc2ccccc2cc1O.ClCCl. The molecule has 4 aromatic carbocycles. The van der Waals surface area contributed by atoms with E-state index in [0.29, 0.717) is 5.75 Å². The molecule has 0 aromatic heterocycles. The second-order valence-electron chi connectivity index (χ2n) is 6.50. The van der Waals surface area contributed by atoms with Gasteiger partial charge in [0.05, 0.1) is 12.4 Å². The monoisotopic (exact) mass is 662 g/mol. The second-order valence-corrected chi connectivity index (χ2v) is 13.7. The van der Waals surface area contributed by atoms with Gasteiger partial charge in [-0.1, -0.05) is 48.5 Å². The summed E-state index contributed by atoms with van der Waals surface area (Å²) in [4.78, 5) is 0. The van der Waals surface area contributed by atoms with Crippen LogP contribution in [-0.4, -0.2) is 20.7 Å². The van der Waals surface area contributed by atoms with Crippen molar-refractivity contribution in [1.29, 1.82) is 0 Å². The van der Waals surface area contributed by atoms with Crippen LogP contribution in [0.1, 0.15) is 11.1 Å². The van der Waals surface area contributed by atoms with Crippen molar-refractivity contribution in [3.63, 3.8) is 0 Å². The van der Waals surface area contributed by atoms with E-state index in [0.717, 1.165) is 16.7 Å². The van der Waals surface area contributed by atoms with Crippen molar-refractivity contribution in [2.45, 2.75) is 13.8 Å². The summed E-state index contributed by atoms with van der Waals surface area (Å²) in [6, 6.07) is 24.3. The number of rotatable bonds is 1. The van der Waals surface area contributed by atoms with Crippen molar-refractivity contribution in [2.24, 2.45) is 0 Å². The molecule has 0 atom stereocenters. The van der Waals surface area contributed by atoms with E-state index in [4.69, 9.17) is 27.9 Å². The van der Waals surface area contributed by atoms with Gasteiger partial charge in [-0.25, -0.2) is 0 Å². The predicted molar refractivity (Wildman–Crippen MR) is 155 cm³/mol. The van der Waals surface area contributed by atoms with E-state index in [9.17, 15) is 5.11 Å². The predicted octanol–water partition coefficient (Wildman–Crippen LogP) is 9.59. The van der Waals surface area contributed by atoms with E-state index in [1.54, 1.807) is 13.2 Å². The van der Waals surface area contributed by atoms with Crippen LogP contribution in [0, 0.1) is 13.8 Å². The van der Waals surface area contributed by atoms with Gasteiger partial charge < -0.3 is 9.84 Å². The first-order valence-corrected chi connectivity index (χ1v) is 13.3. The maximum atomic E-state index is 9.42. The Hall–Kier alpha value is -0.915. The zero-order chi connectivity index (χ0) is 24.1. The summed E-state index contributed by atoms with van der Waals surface area (Å²) in [5.41, 5.74) is 2.11. The first kappa shape index (κ1) is 29.1. The molecule has 32 heavy (non-hydrogen) atoms. The number of hydrogen-bond acceptors (Lipinski definition) is 2. The number of aryl methyl sites for hydroxylation is 2. The Labute approximate surface area is 225 Å². The van der Waals surface area contributed by atoms with Gasteiger partial charge in [0, 0.05) is 0 Å². The molecule has 0 aliphatic carbocycles. The van der Waals surface area contributed by atoms with Crippen molar-refractivity contribution >= 4 is 95.2 Å². The normalized spacial score (nSPS) is 9.50. The van der Waals surface area contributed by atoms with Crippen LogP contribution in [0.15, 0.2) is 72.8 Å². The van der Waals surface area contributed by atoms with Gasteiger partial charge in [0.25, 0.3) is 0 Å². The highest BCUT2D eigenvalue weighted by atomic mass is 79.9. The van der Waals surface area contributed by atoms with Crippen molar-refractivity contribution in [3.8, 4) is 11.5 Å². The molecular formula is C24H24BBr3Cl2O2. The number of ether oxygens (including phenoxy) is 1. The van der Waals surface area contributed by atoms with Crippen LogP contribution in [0.2, 0.25) is 0 Å². The lowest BCUT2D eigenvalue weighted by Gasteiger charge is -2.06. The lowest BCUT2D eigenvalue weighted by molar-refractivity contribution is 0.412. The molecule has 0 aliphatic rings. The van der Waals surface area contributed by atoms with E-state index in [1.165, 1.54) is 21.7 Å². The molecule has 0 bridgehead atoms. The maximum Gasteiger partial charge on any atom is 0.369 e. The van der Waals surface area contributed by atoms with E-state index in [1.807, 2.05) is 49.4 Å². The summed E-state index contributed by atoms with van der Waals surface area (Å²) in [7, 11) is 1.71. The van der Waals surface area contributed by atoms with Gasteiger partial charge >= 0.3 is 3.18 Å². The lowest BCUT2D eigenvalue weighted by Crippen LogP contribution is -1.86. The highest BCUT2D eigenvalue weighted by Crippen LogP contribution is 2.25. The van der Waals surface area contributed by atoms with Gasteiger partial charge in [0.15, 0.2) is 0 Å². The van der Waals surface area contributed by atoms with Crippen molar-refractivity contribution in [3.05, 3.63) is 83.9 Å². The molecular weight excluding hydrogens is 642 g/mol. The van der Waals surface area contributed by atoms with Gasteiger partial charge in [0.1, 0.15) is 11.5 Å². The standard InChI is InChI=1S/C12H12O.C11H10O.CH2Cl2.BBr3/c1-9-7-10-5-3-4-6-11(10)8-12(9)13-2;1-8-6-9-4-2-3-5-10(9)7-11(8)12;2-1-3;2-1(3)4/h3-8H,1-2H3;2-7,12H,1H3;1H2;. The summed E-state index contributed by atoms with van der Waals surface area (Å²) in [5.74, 6) is 1.33. The minimum atomic E-state index is 0.194. The van der Waals surface area contributed by atoms with Gasteiger partial charge in [-0.3, -0.25) is 0 Å². The van der Waals surface area contributed by atoms with Crippen LogP contribution in [0.4, 0.5) is 0 Å². The Bertz CT molecular complexity index is 1070. The quantitative estimate of drug-likeness (QED) is 0.162. The zero-order valence-corrected chi connectivity index (χ0v) is 24.2. The molecule has 0 aliphatic heterocycles. The van der Waals surface area contributed by atoms with E-state index < -0.39 is 0 Å². The van der Waals surface area contributed by atoms with E-state index in [-0.39, 0.29) is 8.52 Å². The average molecular weight is 666 g/mol.